The molecule has 0 bridgehead atoms. The maximum absolute atomic E-state index is 12.3. The number of rotatable bonds is 7. The predicted octanol–water partition coefficient (Wildman–Crippen LogP) is 1.10. The molecular formula is C13H23N5O. The highest BCUT2D eigenvalue weighted by Crippen LogP contribution is 2.37. The van der Waals surface area contributed by atoms with Gasteiger partial charge in [0.2, 0.25) is 5.82 Å². The Morgan fingerprint density at radius 3 is 2.68 bits per heavy atom. The quantitative estimate of drug-likeness (QED) is 0.801. The molecule has 2 rings (SSSR count). The van der Waals surface area contributed by atoms with Crippen LogP contribution in [0, 0.1) is 0 Å². The van der Waals surface area contributed by atoms with Crippen molar-refractivity contribution in [3.05, 3.63) is 11.6 Å². The minimum Gasteiger partial charge on any atom is -0.336 e. The van der Waals surface area contributed by atoms with Gasteiger partial charge in [-0.3, -0.25) is 9.89 Å². The molecule has 0 aliphatic heterocycles. The highest BCUT2D eigenvalue weighted by Gasteiger charge is 2.28. The molecule has 0 unspecified atom stereocenters. The molecule has 0 saturated heterocycles. The van der Waals surface area contributed by atoms with E-state index < -0.39 is 0 Å². The summed E-state index contributed by atoms with van der Waals surface area (Å²) in [6.07, 6.45) is 3.28. The van der Waals surface area contributed by atoms with Crippen LogP contribution in [0.4, 0.5) is 0 Å². The van der Waals surface area contributed by atoms with Crippen LogP contribution in [0.1, 0.15) is 48.5 Å². The summed E-state index contributed by atoms with van der Waals surface area (Å²) in [6, 6.07) is 0. The zero-order valence-electron chi connectivity index (χ0n) is 12.0. The number of aromatic amines is 1. The van der Waals surface area contributed by atoms with Crippen molar-refractivity contribution in [1.29, 1.82) is 0 Å². The number of nitrogens with zero attached hydrogens (tertiary/aromatic N) is 4. The lowest BCUT2D eigenvalue weighted by molar-refractivity contribution is 0.0747. The summed E-state index contributed by atoms with van der Waals surface area (Å²) in [5, 5.41) is 6.94. The van der Waals surface area contributed by atoms with Crippen molar-refractivity contribution in [1.82, 2.24) is 25.0 Å². The molecule has 1 aliphatic rings. The Bertz CT molecular complexity index is 424. The molecule has 0 aromatic carbocycles. The third kappa shape index (κ3) is 3.76. The van der Waals surface area contributed by atoms with Crippen molar-refractivity contribution >= 4 is 5.91 Å². The summed E-state index contributed by atoms with van der Waals surface area (Å²) >= 11 is 0. The van der Waals surface area contributed by atoms with Gasteiger partial charge < -0.3 is 9.80 Å². The normalized spacial score (nSPS) is 14.9. The second-order valence-electron chi connectivity index (χ2n) is 5.36. The maximum atomic E-state index is 12.3. The van der Waals surface area contributed by atoms with E-state index in [1.165, 1.54) is 0 Å². The minimum absolute atomic E-state index is 0.0654. The van der Waals surface area contributed by atoms with E-state index in [0.29, 0.717) is 18.3 Å². The molecule has 1 heterocycles. The molecule has 6 nitrogen and oxygen atoms in total. The lowest BCUT2D eigenvalue weighted by Gasteiger charge is -2.20. The molecule has 19 heavy (non-hydrogen) atoms. The smallest absolute Gasteiger partial charge is 0.293 e. The average Bonchev–Trinajstić information content (AvgIpc) is 3.11. The second kappa shape index (κ2) is 6.14. The fourth-order valence-electron chi connectivity index (χ4n) is 2.03. The second-order valence-corrected chi connectivity index (χ2v) is 5.36. The Morgan fingerprint density at radius 1 is 1.37 bits per heavy atom. The van der Waals surface area contributed by atoms with Gasteiger partial charge >= 0.3 is 0 Å². The van der Waals surface area contributed by atoms with Crippen LogP contribution in [0.3, 0.4) is 0 Å². The van der Waals surface area contributed by atoms with Gasteiger partial charge in [0.05, 0.1) is 0 Å². The molecule has 1 aromatic rings. The van der Waals surface area contributed by atoms with E-state index in [2.05, 4.69) is 20.1 Å². The Balaban J connectivity index is 1.90. The zero-order valence-corrected chi connectivity index (χ0v) is 12.0. The molecule has 1 amide bonds. The summed E-state index contributed by atoms with van der Waals surface area (Å²) in [5.41, 5.74) is 0. The van der Waals surface area contributed by atoms with Gasteiger partial charge in [-0.05, 0) is 46.8 Å². The van der Waals surface area contributed by atoms with Crippen molar-refractivity contribution in [2.75, 3.05) is 33.7 Å². The number of hydrogen-bond donors (Lipinski definition) is 1. The molecule has 1 N–H and O–H groups in total. The molecule has 1 saturated carbocycles. The summed E-state index contributed by atoms with van der Waals surface area (Å²) < 4.78 is 0. The number of carbonyl (C=O) groups excluding carboxylic acids is 1. The Hall–Kier alpha value is -1.43. The molecular weight excluding hydrogens is 242 g/mol. The van der Waals surface area contributed by atoms with Crippen LogP contribution < -0.4 is 0 Å². The predicted molar refractivity (Wildman–Crippen MR) is 73.1 cm³/mol. The topological polar surface area (TPSA) is 65.1 Å². The number of aromatic nitrogens is 3. The third-order valence-electron chi connectivity index (χ3n) is 3.36. The van der Waals surface area contributed by atoms with Crippen molar-refractivity contribution < 1.29 is 4.79 Å². The Labute approximate surface area is 114 Å². The van der Waals surface area contributed by atoms with E-state index in [1.54, 1.807) is 0 Å². The van der Waals surface area contributed by atoms with Gasteiger partial charge in [-0.2, -0.15) is 0 Å². The van der Waals surface area contributed by atoms with Crippen LogP contribution >= 0.6 is 0 Å². The minimum atomic E-state index is -0.0654. The molecule has 6 heteroatoms. The molecule has 1 aliphatic carbocycles. The van der Waals surface area contributed by atoms with Crippen LogP contribution in [0.2, 0.25) is 0 Å². The average molecular weight is 265 g/mol. The fourth-order valence-corrected chi connectivity index (χ4v) is 2.03. The van der Waals surface area contributed by atoms with E-state index in [4.69, 9.17) is 0 Å². The van der Waals surface area contributed by atoms with Crippen molar-refractivity contribution in [3.63, 3.8) is 0 Å². The van der Waals surface area contributed by atoms with E-state index >= 15 is 0 Å². The first-order valence-electron chi connectivity index (χ1n) is 6.98. The lowest BCUT2D eigenvalue weighted by atomic mass is 10.3. The molecule has 0 atom stereocenters. The molecule has 1 aromatic heterocycles. The van der Waals surface area contributed by atoms with Gasteiger partial charge in [0.1, 0.15) is 5.82 Å². The standard InChI is InChI=1S/C13H23N5O/c1-4-18(9-5-8-17(2)3)13(19)12-14-11(15-16-12)10-6-7-10/h10H,4-9H2,1-3H3,(H,14,15,16). The number of H-pyrrole nitrogens is 1. The van der Waals surface area contributed by atoms with Crippen LogP contribution in [-0.4, -0.2) is 64.6 Å². The largest absolute Gasteiger partial charge is 0.336 e. The van der Waals surface area contributed by atoms with Gasteiger partial charge in [0.25, 0.3) is 5.91 Å². The zero-order chi connectivity index (χ0) is 13.8. The van der Waals surface area contributed by atoms with Gasteiger partial charge in [-0.1, -0.05) is 0 Å². The van der Waals surface area contributed by atoms with Crippen molar-refractivity contribution in [3.8, 4) is 0 Å². The number of amides is 1. The first-order chi connectivity index (χ1) is 9.11. The summed E-state index contributed by atoms with van der Waals surface area (Å²) in [6.45, 7) is 4.41. The monoisotopic (exact) mass is 265 g/mol. The number of nitrogens with one attached hydrogen (secondary N) is 1. The molecule has 0 radical (unpaired) electrons. The van der Waals surface area contributed by atoms with E-state index in [9.17, 15) is 4.79 Å². The van der Waals surface area contributed by atoms with Crippen LogP contribution in [-0.2, 0) is 0 Å². The summed E-state index contributed by atoms with van der Waals surface area (Å²) in [5.74, 6) is 1.61. The summed E-state index contributed by atoms with van der Waals surface area (Å²) in [4.78, 5) is 20.5. The van der Waals surface area contributed by atoms with Crippen molar-refractivity contribution in [2.45, 2.75) is 32.1 Å². The first-order valence-corrected chi connectivity index (χ1v) is 6.98. The molecule has 106 valence electrons. The SMILES string of the molecule is CCN(CCCN(C)C)C(=O)c1n[nH]c(C2CC2)n1. The van der Waals surface area contributed by atoms with Crippen LogP contribution in [0.15, 0.2) is 0 Å². The van der Waals surface area contributed by atoms with Crippen LogP contribution in [0.25, 0.3) is 0 Å². The molecule has 0 spiro atoms. The van der Waals surface area contributed by atoms with E-state index in [-0.39, 0.29) is 5.91 Å². The highest BCUT2D eigenvalue weighted by molar-refractivity contribution is 5.90. The highest BCUT2D eigenvalue weighted by atomic mass is 16.2. The first kappa shape index (κ1) is 14.0. The Morgan fingerprint density at radius 2 is 2.11 bits per heavy atom. The van der Waals surface area contributed by atoms with E-state index in [1.807, 2.05) is 25.9 Å². The van der Waals surface area contributed by atoms with Crippen molar-refractivity contribution in [2.24, 2.45) is 0 Å². The molecule has 1 fully saturated rings. The Kier molecular flexibility index (Phi) is 4.52. The van der Waals surface area contributed by atoms with Gasteiger partial charge in [-0.15, -0.1) is 5.10 Å². The van der Waals surface area contributed by atoms with Gasteiger partial charge in [0.15, 0.2) is 0 Å². The van der Waals surface area contributed by atoms with Gasteiger partial charge in [-0.25, -0.2) is 4.98 Å². The maximum Gasteiger partial charge on any atom is 0.293 e. The summed E-state index contributed by atoms with van der Waals surface area (Å²) in [7, 11) is 4.07. The number of hydrogen-bond acceptors (Lipinski definition) is 4. The van der Waals surface area contributed by atoms with Crippen LogP contribution in [0.5, 0.6) is 0 Å². The third-order valence-corrected chi connectivity index (χ3v) is 3.36. The lowest BCUT2D eigenvalue weighted by Crippen LogP contribution is -2.34. The van der Waals surface area contributed by atoms with Gasteiger partial charge in [0, 0.05) is 19.0 Å². The van der Waals surface area contributed by atoms with E-state index in [0.717, 1.165) is 38.2 Å². The fraction of sp³-hybridized carbons (Fsp3) is 0.769. The number of carbonyl (C=O) groups is 1.